The Hall–Kier alpha value is -0.860. The van der Waals surface area contributed by atoms with Gasteiger partial charge in [-0.25, -0.2) is 0 Å². The first-order valence-corrected chi connectivity index (χ1v) is 7.29. The molecule has 0 bridgehead atoms. The Kier molecular flexibility index (Phi) is 2.33. The van der Waals surface area contributed by atoms with Crippen molar-refractivity contribution >= 4 is 0 Å². The van der Waals surface area contributed by atoms with Gasteiger partial charge in [0, 0.05) is 43.6 Å². The lowest BCUT2D eigenvalue weighted by Gasteiger charge is -2.30. The highest BCUT2D eigenvalue weighted by molar-refractivity contribution is 5.19. The predicted octanol–water partition coefficient (Wildman–Crippen LogP) is 2.26. The van der Waals surface area contributed by atoms with Gasteiger partial charge in [-0.15, -0.1) is 0 Å². The second-order valence-corrected chi connectivity index (χ2v) is 6.65. The quantitative estimate of drug-likeness (QED) is 0.856. The fourth-order valence-corrected chi connectivity index (χ4v) is 4.86. The smallest absolute Gasteiger partial charge is 0.0234 e. The fourth-order valence-electron chi connectivity index (χ4n) is 4.86. The molecule has 1 N–H and O–H groups in total. The van der Waals surface area contributed by atoms with E-state index in [9.17, 15) is 0 Å². The second-order valence-electron chi connectivity index (χ2n) is 6.65. The van der Waals surface area contributed by atoms with Gasteiger partial charge in [-0.3, -0.25) is 4.90 Å². The Morgan fingerprint density at radius 2 is 1.67 bits per heavy atom. The van der Waals surface area contributed by atoms with E-state index in [0.29, 0.717) is 10.8 Å². The van der Waals surface area contributed by atoms with Gasteiger partial charge in [-0.05, 0) is 18.4 Å². The first-order chi connectivity index (χ1) is 8.82. The first kappa shape index (κ1) is 11.0. The highest BCUT2D eigenvalue weighted by Crippen LogP contribution is 2.59. The third kappa shape index (κ3) is 1.42. The molecule has 4 rings (SSSR count). The van der Waals surface area contributed by atoms with E-state index in [1.165, 1.54) is 51.0 Å². The maximum absolute atomic E-state index is 3.67. The standard InChI is InChI=1S/C16H22N2/c1-2-5-14(6-3-1)9-18-12-15-7-4-8-16(15,13-18)11-17-10-15/h1-3,5-6,17H,4,7-13H2. The van der Waals surface area contributed by atoms with Crippen LogP contribution in [0.25, 0.3) is 0 Å². The Morgan fingerprint density at radius 3 is 2.33 bits per heavy atom. The van der Waals surface area contributed by atoms with Crippen molar-refractivity contribution in [3.05, 3.63) is 35.9 Å². The van der Waals surface area contributed by atoms with Crippen LogP contribution in [0.2, 0.25) is 0 Å². The van der Waals surface area contributed by atoms with Gasteiger partial charge in [-0.2, -0.15) is 0 Å². The van der Waals surface area contributed by atoms with Gasteiger partial charge < -0.3 is 5.32 Å². The highest BCUT2D eigenvalue weighted by Gasteiger charge is 2.62. The molecule has 1 aromatic carbocycles. The van der Waals surface area contributed by atoms with Gasteiger partial charge >= 0.3 is 0 Å². The van der Waals surface area contributed by atoms with Crippen LogP contribution < -0.4 is 5.32 Å². The maximum Gasteiger partial charge on any atom is 0.0234 e. The Bertz CT molecular complexity index is 410. The molecule has 18 heavy (non-hydrogen) atoms. The number of hydrogen-bond acceptors (Lipinski definition) is 2. The van der Waals surface area contributed by atoms with Crippen molar-refractivity contribution in [2.45, 2.75) is 25.8 Å². The summed E-state index contributed by atoms with van der Waals surface area (Å²) in [7, 11) is 0. The first-order valence-electron chi connectivity index (χ1n) is 7.29. The minimum absolute atomic E-state index is 0.613. The molecule has 0 spiro atoms. The molecule has 0 amide bonds. The van der Waals surface area contributed by atoms with Crippen LogP contribution in [0.5, 0.6) is 0 Å². The Labute approximate surface area is 109 Å². The number of rotatable bonds is 2. The molecular weight excluding hydrogens is 220 g/mol. The van der Waals surface area contributed by atoms with Crippen LogP contribution in [0.3, 0.4) is 0 Å². The Balaban J connectivity index is 1.54. The number of likely N-dealkylation sites (tertiary alicyclic amines) is 1. The summed E-state index contributed by atoms with van der Waals surface area (Å²) in [5.41, 5.74) is 2.69. The summed E-state index contributed by atoms with van der Waals surface area (Å²) in [6.07, 6.45) is 4.36. The molecular formula is C16H22N2. The van der Waals surface area contributed by atoms with E-state index >= 15 is 0 Å². The summed E-state index contributed by atoms with van der Waals surface area (Å²) in [5.74, 6) is 0. The van der Waals surface area contributed by atoms with Crippen molar-refractivity contribution < 1.29 is 0 Å². The third-order valence-electron chi connectivity index (χ3n) is 5.66. The summed E-state index contributed by atoms with van der Waals surface area (Å²) < 4.78 is 0. The van der Waals surface area contributed by atoms with Crippen molar-refractivity contribution in [3.8, 4) is 0 Å². The van der Waals surface area contributed by atoms with E-state index in [2.05, 4.69) is 40.5 Å². The molecule has 0 aromatic heterocycles. The summed E-state index contributed by atoms with van der Waals surface area (Å²) in [5, 5.41) is 3.67. The minimum atomic E-state index is 0.613. The zero-order chi connectivity index (χ0) is 12.1. The average molecular weight is 242 g/mol. The predicted molar refractivity (Wildman–Crippen MR) is 73.3 cm³/mol. The molecule has 2 nitrogen and oxygen atoms in total. The topological polar surface area (TPSA) is 15.3 Å². The van der Waals surface area contributed by atoms with Gasteiger partial charge in [0.2, 0.25) is 0 Å². The molecule has 2 heteroatoms. The molecule has 3 aliphatic rings. The number of nitrogens with zero attached hydrogens (tertiary/aromatic N) is 1. The van der Waals surface area contributed by atoms with E-state index in [4.69, 9.17) is 0 Å². The van der Waals surface area contributed by atoms with E-state index < -0.39 is 0 Å². The van der Waals surface area contributed by atoms with E-state index in [1.54, 1.807) is 0 Å². The number of benzene rings is 1. The van der Waals surface area contributed by atoms with E-state index in [-0.39, 0.29) is 0 Å². The fraction of sp³-hybridized carbons (Fsp3) is 0.625. The average Bonchev–Trinajstić information content (AvgIpc) is 2.91. The molecule has 2 saturated heterocycles. The number of nitrogens with one attached hydrogen (secondary N) is 1. The van der Waals surface area contributed by atoms with Gasteiger partial charge in [0.25, 0.3) is 0 Å². The molecule has 1 aromatic rings. The van der Waals surface area contributed by atoms with Crippen LogP contribution in [0.15, 0.2) is 30.3 Å². The molecule has 2 aliphatic heterocycles. The SMILES string of the molecule is c1ccc(CN2CC34CCCC3(CNC4)C2)cc1. The summed E-state index contributed by atoms with van der Waals surface area (Å²) in [6, 6.07) is 10.9. The van der Waals surface area contributed by atoms with E-state index in [1.807, 2.05) is 0 Å². The number of hydrogen-bond donors (Lipinski definition) is 1. The van der Waals surface area contributed by atoms with Gasteiger partial charge in [0.1, 0.15) is 0 Å². The van der Waals surface area contributed by atoms with Crippen molar-refractivity contribution in [3.63, 3.8) is 0 Å². The lowest BCUT2D eigenvalue weighted by molar-refractivity contribution is 0.212. The zero-order valence-electron chi connectivity index (χ0n) is 11.0. The molecule has 3 fully saturated rings. The van der Waals surface area contributed by atoms with E-state index in [0.717, 1.165) is 6.54 Å². The minimum Gasteiger partial charge on any atom is -0.315 e. The van der Waals surface area contributed by atoms with Crippen LogP contribution >= 0.6 is 0 Å². The molecule has 96 valence electrons. The molecule has 2 unspecified atom stereocenters. The molecule has 0 radical (unpaired) electrons. The lowest BCUT2D eigenvalue weighted by Crippen LogP contribution is -2.34. The van der Waals surface area contributed by atoms with Crippen molar-refractivity contribution in [2.24, 2.45) is 10.8 Å². The monoisotopic (exact) mass is 242 g/mol. The normalized spacial score (nSPS) is 38.9. The third-order valence-corrected chi connectivity index (χ3v) is 5.66. The highest BCUT2D eigenvalue weighted by atomic mass is 15.2. The Morgan fingerprint density at radius 1 is 1.00 bits per heavy atom. The molecule has 2 atom stereocenters. The van der Waals surface area contributed by atoms with Crippen LogP contribution in [-0.2, 0) is 6.54 Å². The lowest BCUT2D eigenvalue weighted by atomic mass is 9.71. The second kappa shape index (κ2) is 3.82. The summed E-state index contributed by atoms with van der Waals surface area (Å²) in [4.78, 5) is 2.70. The molecule has 1 saturated carbocycles. The van der Waals surface area contributed by atoms with Gasteiger partial charge in [0.15, 0.2) is 0 Å². The van der Waals surface area contributed by atoms with Crippen LogP contribution in [-0.4, -0.2) is 31.1 Å². The van der Waals surface area contributed by atoms with Crippen LogP contribution in [0.4, 0.5) is 0 Å². The molecule has 1 aliphatic carbocycles. The summed E-state index contributed by atoms with van der Waals surface area (Å²) >= 11 is 0. The van der Waals surface area contributed by atoms with Crippen molar-refractivity contribution in [1.82, 2.24) is 10.2 Å². The largest absolute Gasteiger partial charge is 0.315 e. The maximum atomic E-state index is 3.67. The summed E-state index contributed by atoms with van der Waals surface area (Å²) in [6.45, 7) is 6.30. The van der Waals surface area contributed by atoms with Gasteiger partial charge in [-0.1, -0.05) is 36.8 Å². The zero-order valence-corrected chi connectivity index (χ0v) is 11.0. The van der Waals surface area contributed by atoms with Gasteiger partial charge in [0.05, 0.1) is 0 Å². The van der Waals surface area contributed by atoms with Crippen LogP contribution in [0, 0.1) is 10.8 Å². The van der Waals surface area contributed by atoms with Crippen molar-refractivity contribution in [1.29, 1.82) is 0 Å². The molecule has 2 heterocycles. The van der Waals surface area contributed by atoms with Crippen LogP contribution in [0.1, 0.15) is 24.8 Å². The van der Waals surface area contributed by atoms with Crippen molar-refractivity contribution in [2.75, 3.05) is 26.2 Å².